The van der Waals surface area contributed by atoms with Crippen molar-refractivity contribution in [3.63, 3.8) is 0 Å². The molecule has 1 heterocycles. The highest BCUT2D eigenvalue weighted by molar-refractivity contribution is 7.89. The van der Waals surface area contributed by atoms with Crippen LogP contribution in [0.3, 0.4) is 0 Å². The Hall–Kier alpha value is -3.17. The van der Waals surface area contributed by atoms with E-state index in [1.807, 2.05) is 41.2 Å². The van der Waals surface area contributed by atoms with Gasteiger partial charge in [-0.25, -0.2) is 17.9 Å². The molecule has 0 radical (unpaired) electrons. The molecule has 3 rings (SSSR count). The number of amides is 2. The summed E-state index contributed by atoms with van der Waals surface area (Å²) >= 11 is 0. The van der Waals surface area contributed by atoms with Crippen LogP contribution in [-0.4, -0.2) is 31.3 Å². The van der Waals surface area contributed by atoms with Gasteiger partial charge in [-0.3, -0.25) is 4.68 Å². The third-order valence-corrected chi connectivity index (χ3v) is 5.46. The van der Waals surface area contributed by atoms with Crippen molar-refractivity contribution < 1.29 is 13.2 Å². The molecule has 1 aromatic heterocycles. The van der Waals surface area contributed by atoms with Crippen molar-refractivity contribution in [1.82, 2.24) is 19.8 Å². The molecule has 0 unspecified atom stereocenters. The van der Waals surface area contributed by atoms with Crippen molar-refractivity contribution in [3.8, 4) is 0 Å². The summed E-state index contributed by atoms with van der Waals surface area (Å²) in [7, 11) is -2.16. The van der Waals surface area contributed by atoms with Crippen LogP contribution in [-0.2, 0) is 23.1 Å². The molecular weight excluding hydrogens is 378 g/mol. The van der Waals surface area contributed by atoms with E-state index in [1.54, 1.807) is 18.3 Å². The van der Waals surface area contributed by atoms with E-state index in [9.17, 15) is 13.2 Å². The van der Waals surface area contributed by atoms with E-state index in [-0.39, 0.29) is 17.5 Å². The fraction of sp³-hybridized carbons (Fsp3) is 0.158. The van der Waals surface area contributed by atoms with Crippen LogP contribution in [0.2, 0.25) is 0 Å². The molecule has 8 nitrogen and oxygen atoms in total. The van der Waals surface area contributed by atoms with Crippen molar-refractivity contribution in [2.75, 3.05) is 12.4 Å². The normalized spacial score (nSPS) is 11.2. The maximum Gasteiger partial charge on any atom is 0.319 e. The summed E-state index contributed by atoms with van der Waals surface area (Å²) in [6, 6.07) is 15.4. The SMILES string of the molecule is CNS(=O)(=O)c1cccc(CNC(=O)Nc2ccc(Cn3cccn3)cc2)c1. The highest BCUT2D eigenvalue weighted by Crippen LogP contribution is 2.12. The van der Waals surface area contributed by atoms with Gasteiger partial charge in [0.05, 0.1) is 11.4 Å². The molecule has 9 heteroatoms. The quantitative estimate of drug-likeness (QED) is 0.566. The average molecular weight is 399 g/mol. The fourth-order valence-corrected chi connectivity index (χ4v) is 3.37. The lowest BCUT2D eigenvalue weighted by Crippen LogP contribution is -2.28. The Balaban J connectivity index is 1.54. The summed E-state index contributed by atoms with van der Waals surface area (Å²) < 4.78 is 27.8. The maximum atomic E-state index is 12.1. The highest BCUT2D eigenvalue weighted by Gasteiger charge is 2.11. The molecule has 2 aromatic carbocycles. The molecule has 0 saturated carbocycles. The summed E-state index contributed by atoms with van der Waals surface area (Å²) in [6.45, 7) is 0.863. The number of nitrogens with zero attached hydrogens (tertiary/aromatic N) is 2. The molecule has 146 valence electrons. The van der Waals surface area contributed by atoms with Gasteiger partial charge in [0.15, 0.2) is 0 Å². The van der Waals surface area contributed by atoms with E-state index in [4.69, 9.17) is 0 Å². The van der Waals surface area contributed by atoms with Crippen LogP contribution in [0, 0.1) is 0 Å². The van der Waals surface area contributed by atoms with Gasteiger partial charge in [-0.1, -0.05) is 24.3 Å². The molecule has 2 amide bonds. The lowest BCUT2D eigenvalue weighted by molar-refractivity contribution is 0.251. The van der Waals surface area contributed by atoms with Gasteiger partial charge in [-0.05, 0) is 48.5 Å². The molecule has 0 atom stereocenters. The zero-order chi connectivity index (χ0) is 20.0. The van der Waals surface area contributed by atoms with Crippen molar-refractivity contribution >= 4 is 21.7 Å². The molecule has 3 N–H and O–H groups in total. The lowest BCUT2D eigenvalue weighted by atomic mass is 10.2. The Morgan fingerprint density at radius 3 is 2.54 bits per heavy atom. The minimum atomic E-state index is -3.52. The van der Waals surface area contributed by atoms with E-state index in [0.29, 0.717) is 17.8 Å². The van der Waals surface area contributed by atoms with Crippen LogP contribution in [0.25, 0.3) is 0 Å². The summed E-state index contributed by atoms with van der Waals surface area (Å²) in [5.74, 6) is 0. The number of urea groups is 1. The molecule has 0 spiro atoms. The zero-order valence-corrected chi connectivity index (χ0v) is 16.1. The van der Waals surface area contributed by atoms with Gasteiger partial charge in [0.25, 0.3) is 0 Å². The largest absolute Gasteiger partial charge is 0.334 e. The van der Waals surface area contributed by atoms with E-state index in [0.717, 1.165) is 5.56 Å². The second kappa shape index (κ2) is 8.68. The Labute approximate surface area is 163 Å². The van der Waals surface area contributed by atoms with Gasteiger partial charge >= 0.3 is 6.03 Å². The van der Waals surface area contributed by atoms with Crippen molar-refractivity contribution in [2.45, 2.75) is 18.0 Å². The number of nitrogens with one attached hydrogen (secondary N) is 3. The van der Waals surface area contributed by atoms with E-state index < -0.39 is 10.0 Å². The second-order valence-corrected chi connectivity index (χ2v) is 7.95. The Kier molecular flexibility index (Phi) is 6.07. The highest BCUT2D eigenvalue weighted by atomic mass is 32.2. The number of aromatic nitrogens is 2. The summed E-state index contributed by atoms with van der Waals surface area (Å²) in [5.41, 5.74) is 2.41. The molecular formula is C19H21N5O3S. The van der Waals surface area contributed by atoms with Crippen LogP contribution in [0.1, 0.15) is 11.1 Å². The standard InChI is InChI=1S/C19H21N5O3S/c1-20-28(26,27)18-5-2-4-16(12-18)13-21-19(25)23-17-8-6-15(7-9-17)14-24-11-3-10-22-24/h2-12,20H,13-14H2,1H3,(H2,21,23,25). The van der Waals surface area contributed by atoms with E-state index in [2.05, 4.69) is 20.5 Å². The third-order valence-electron chi connectivity index (χ3n) is 4.05. The molecule has 0 aliphatic carbocycles. The van der Waals surface area contributed by atoms with Gasteiger partial charge in [0, 0.05) is 24.6 Å². The predicted octanol–water partition coefficient (Wildman–Crippen LogP) is 2.16. The lowest BCUT2D eigenvalue weighted by Gasteiger charge is -2.10. The number of rotatable bonds is 7. The van der Waals surface area contributed by atoms with Gasteiger partial charge in [0.2, 0.25) is 10.0 Å². The third kappa shape index (κ3) is 5.18. The number of sulfonamides is 1. The first-order valence-corrected chi connectivity index (χ1v) is 10.1. The van der Waals surface area contributed by atoms with Crippen LogP contribution in [0.5, 0.6) is 0 Å². The summed E-state index contributed by atoms with van der Waals surface area (Å²) in [6.07, 6.45) is 3.61. The molecule has 0 aliphatic rings. The monoisotopic (exact) mass is 399 g/mol. The van der Waals surface area contributed by atoms with Crippen LogP contribution < -0.4 is 15.4 Å². The molecule has 0 fully saturated rings. The summed E-state index contributed by atoms with van der Waals surface area (Å²) in [5, 5.41) is 9.62. The fourth-order valence-electron chi connectivity index (χ4n) is 2.57. The van der Waals surface area contributed by atoms with Crippen molar-refractivity contribution in [1.29, 1.82) is 0 Å². The number of anilines is 1. The molecule has 0 saturated heterocycles. The first-order valence-electron chi connectivity index (χ1n) is 8.60. The van der Waals surface area contributed by atoms with E-state index in [1.165, 1.54) is 19.2 Å². The maximum absolute atomic E-state index is 12.1. The van der Waals surface area contributed by atoms with Gasteiger partial charge in [0.1, 0.15) is 0 Å². The number of hydrogen-bond acceptors (Lipinski definition) is 4. The topological polar surface area (TPSA) is 105 Å². The number of hydrogen-bond donors (Lipinski definition) is 3. The number of carbonyl (C=O) groups excluding carboxylic acids is 1. The van der Waals surface area contributed by atoms with Gasteiger partial charge in [-0.2, -0.15) is 5.10 Å². The number of benzene rings is 2. The second-order valence-electron chi connectivity index (χ2n) is 6.06. The zero-order valence-electron chi connectivity index (χ0n) is 15.3. The van der Waals surface area contributed by atoms with Gasteiger partial charge in [-0.15, -0.1) is 0 Å². The summed E-state index contributed by atoms with van der Waals surface area (Å²) in [4.78, 5) is 12.3. The molecule has 28 heavy (non-hydrogen) atoms. The first-order chi connectivity index (χ1) is 13.5. The van der Waals surface area contributed by atoms with Crippen LogP contribution in [0.4, 0.5) is 10.5 Å². The Bertz CT molecular complexity index is 1030. The Morgan fingerprint density at radius 1 is 1.07 bits per heavy atom. The minimum Gasteiger partial charge on any atom is -0.334 e. The first kappa shape index (κ1) is 19.6. The van der Waals surface area contributed by atoms with E-state index >= 15 is 0 Å². The Morgan fingerprint density at radius 2 is 1.86 bits per heavy atom. The minimum absolute atomic E-state index is 0.155. The van der Waals surface area contributed by atoms with Crippen LogP contribution >= 0.6 is 0 Å². The predicted molar refractivity (Wildman–Crippen MR) is 106 cm³/mol. The average Bonchev–Trinajstić information content (AvgIpc) is 3.21. The molecule has 3 aromatic rings. The smallest absolute Gasteiger partial charge is 0.319 e. The van der Waals surface area contributed by atoms with Gasteiger partial charge < -0.3 is 10.6 Å². The van der Waals surface area contributed by atoms with Crippen molar-refractivity contribution in [2.24, 2.45) is 0 Å². The molecule has 0 bridgehead atoms. The number of carbonyl (C=O) groups is 1. The van der Waals surface area contributed by atoms with Crippen molar-refractivity contribution in [3.05, 3.63) is 78.1 Å². The molecule has 0 aliphatic heterocycles. The van der Waals surface area contributed by atoms with Crippen LogP contribution in [0.15, 0.2) is 71.9 Å².